The van der Waals surface area contributed by atoms with Crippen LogP contribution in [0.1, 0.15) is 50.5 Å². The van der Waals surface area contributed by atoms with Gasteiger partial charge in [0.2, 0.25) is 5.91 Å². The molecule has 1 N–H and O–H groups in total. The summed E-state index contributed by atoms with van der Waals surface area (Å²) < 4.78 is 5.27. The first-order chi connectivity index (χ1) is 10.7. The molecule has 0 spiro atoms. The fourth-order valence-corrected chi connectivity index (χ4v) is 3.00. The van der Waals surface area contributed by atoms with Crippen LogP contribution < -0.4 is 4.74 Å². The molecule has 1 amide bonds. The van der Waals surface area contributed by atoms with Gasteiger partial charge >= 0.3 is 0 Å². The van der Waals surface area contributed by atoms with E-state index in [0.717, 1.165) is 43.5 Å². The Hall–Kier alpha value is -1.55. The Morgan fingerprint density at radius 2 is 2.23 bits per heavy atom. The molecule has 0 aliphatic carbocycles. The topological polar surface area (TPSA) is 49.8 Å². The van der Waals surface area contributed by atoms with E-state index < -0.39 is 0 Å². The minimum atomic E-state index is -0.314. The van der Waals surface area contributed by atoms with E-state index in [0.29, 0.717) is 13.0 Å². The molecule has 2 atom stereocenters. The van der Waals surface area contributed by atoms with Crippen molar-refractivity contribution in [1.29, 1.82) is 0 Å². The fourth-order valence-electron chi connectivity index (χ4n) is 3.00. The van der Waals surface area contributed by atoms with Crippen molar-refractivity contribution in [3.63, 3.8) is 0 Å². The van der Waals surface area contributed by atoms with Crippen LogP contribution in [0.2, 0.25) is 0 Å². The second kappa shape index (κ2) is 8.18. The summed E-state index contributed by atoms with van der Waals surface area (Å²) in [4.78, 5) is 14.8. The monoisotopic (exact) mass is 305 g/mol. The molecule has 1 fully saturated rings. The normalized spacial score (nSPS) is 20.6. The second-order valence-corrected chi connectivity index (χ2v) is 6.00. The number of amides is 1. The molecular formula is C18H27NO3. The third kappa shape index (κ3) is 4.23. The zero-order valence-corrected chi connectivity index (χ0v) is 13.6. The van der Waals surface area contributed by atoms with E-state index in [-0.39, 0.29) is 17.9 Å². The Bertz CT molecular complexity index is 489. The molecule has 1 aliphatic rings. The highest BCUT2D eigenvalue weighted by molar-refractivity contribution is 5.84. The number of ether oxygens (including phenoxy) is 1. The number of likely N-dealkylation sites (tertiary alicyclic amines) is 1. The third-order valence-electron chi connectivity index (χ3n) is 4.48. The maximum absolute atomic E-state index is 12.8. The summed E-state index contributed by atoms with van der Waals surface area (Å²) in [6.07, 6.45) is 4.06. The highest BCUT2D eigenvalue weighted by Gasteiger charge is 2.28. The quantitative estimate of drug-likeness (QED) is 0.879. The number of aliphatic hydroxyl groups is 1. The zero-order valence-electron chi connectivity index (χ0n) is 13.6. The van der Waals surface area contributed by atoms with Gasteiger partial charge in [0.1, 0.15) is 5.75 Å². The van der Waals surface area contributed by atoms with Crippen LogP contribution in [0.3, 0.4) is 0 Å². The summed E-state index contributed by atoms with van der Waals surface area (Å²) in [5.74, 6) is 0.896. The van der Waals surface area contributed by atoms with Crippen molar-refractivity contribution in [3.05, 3.63) is 29.8 Å². The molecule has 1 aromatic rings. The van der Waals surface area contributed by atoms with Crippen molar-refractivity contribution in [1.82, 2.24) is 4.90 Å². The highest BCUT2D eigenvalue weighted by Crippen LogP contribution is 2.30. The lowest BCUT2D eigenvalue weighted by atomic mass is 9.93. The lowest BCUT2D eigenvalue weighted by molar-refractivity contribution is -0.132. The first-order valence-electron chi connectivity index (χ1n) is 8.26. The van der Waals surface area contributed by atoms with Gasteiger partial charge in [0, 0.05) is 13.1 Å². The Kier molecular flexibility index (Phi) is 6.25. The van der Waals surface area contributed by atoms with Gasteiger partial charge in [-0.1, -0.05) is 25.5 Å². The third-order valence-corrected chi connectivity index (χ3v) is 4.48. The molecule has 1 aliphatic heterocycles. The van der Waals surface area contributed by atoms with E-state index >= 15 is 0 Å². The van der Waals surface area contributed by atoms with Gasteiger partial charge in [0.05, 0.1) is 19.1 Å². The van der Waals surface area contributed by atoms with E-state index in [9.17, 15) is 9.90 Å². The van der Waals surface area contributed by atoms with Crippen LogP contribution >= 0.6 is 0 Å². The van der Waals surface area contributed by atoms with Gasteiger partial charge < -0.3 is 14.7 Å². The lowest BCUT2D eigenvalue weighted by Gasteiger charge is -2.25. The second-order valence-electron chi connectivity index (χ2n) is 6.00. The Labute approximate surface area is 133 Å². The van der Waals surface area contributed by atoms with Crippen molar-refractivity contribution < 1.29 is 14.6 Å². The molecule has 0 radical (unpaired) electrons. The molecule has 4 heteroatoms. The van der Waals surface area contributed by atoms with Crippen molar-refractivity contribution in [2.45, 2.75) is 51.0 Å². The zero-order chi connectivity index (χ0) is 15.9. The Balaban J connectivity index is 2.11. The van der Waals surface area contributed by atoms with Crippen LogP contribution in [0.4, 0.5) is 0 Å². The van der Waals surface area contributed by atoms with E-state index in [1.54, 1.807) is 7.11 Å². The van der Waals surface area contributed by atoms with Gasteiger partial charge in [-0.2, -0.15) is 0 Å². The molecule has 22 heavy (non-hydrogen) atoms. The van der Waals surface area contributed by atoms with Crippen LogP contribution in [0, 0.1) is 0 Å². The minimum absolute atomic E-state index is 0.0867. The smallest absolute Gasteiger partial charge is 0.230 e. The largest absolute Gasteiger partial charge is 0.497 e. The number of carbonyl (C=O) groups excluding carboxylic acids is 1. The molecule has 0 aromatic heterocycles. The van der Waals surface area contributed by atoms with E-state index in [1.165, 1.54) is 0 Å². The molecule has 0 bridgehead atoms. The maximum atomic E-state index is 12.8. The number of hydrogen-bond acceptors (Lipinski definition) is 3. The average molecular weight is 305 g/mol. The number of methoxy groups -OCH3 is 1. The number of hydrogen-bond donors (Lipinski definition) is 1. The summed E-state index contributed by atoms with van der Waals surface area (Å²) in [6, 6.07) is 7.82. The lowest BCUT2D eigenvalue weighted by Crippen LogP contribution is -2.36. The van der Waals surface area contributed by atoms with E-state index in [1.807, 2.05) is 36.1 Å². The van der Waals surface area contributed by atoms with Crippen molar-refractivity contribution in [3.8, 4) is 5.75 Å². The summed E-state index contributed by atoms with van der Waals surface area (Å²) >= 11 is 0. The van der Waals surface area contributed by atoms with Gasteiger partial charge in [-0.05, 0) is 43.4 Å². The van der Waals surface area contributed by atoms with Crippen molar-refractivity contribution >= 4 is 5.91 Å². The summed E-state index contributed by atoms with van der Waals surface area (Å²) in [5.41, 5.74) is 1.03. The van der Waals surface area contributed by atoms with E-state index in [4.69, 9.17) is 4.74 Å². The average Bonchev–Trinajstić information content (AvgIpc) is 2.74. The molecule has 2 unspecified atom stereocenters. The van der Waals surface area contributed by atoms with Gasteiger partial charge in [-0.3, -0.25) is 4.79 Å². The first-order valence-corrected chi connectivity index (χ1v) is 8.26. The number of aliphatic hydroxyl groups excluding tert-OH is 1. The standard InChI is InChI=1S/C18H27NO3/c1-3-15(20)10-12-19-11-5-4-9-17(18(19)21)14-7-6-8-16(13-14)22-2/h6-8,13,15,17,20H,3-5,9-12H2,1-2H3. The maximum Gasteiger partial charge on any atom is 0.230 e. The molecule has 1 heterocycles. The van der Waals surface area contributed by atoms with Crippen LogP contribution in [-0.4, -0.2) is 42.2 Å². The minimum Gasteiger partial charge on any atom is -0.497 e. The van der Waals surface area contributed by atoms with Crippen LogP contribution in [0.15, 0.2) is 24.3 Å². The van der Waals surface area contributed by atoms with Crippen LogP contribution in [-0.2, 0) is 4.79 Å². The van der Waals surface area contributed by atoms with Crippen molar-refractivity contribution in [2.24, 2.45) is 0 Å². The summed E-state index contributed by atoms with van der Waals surface area (Å²) in [6.45, 7) is 3.41. The molecule has 4 nitrogen and oxygen atoms in total. The molecular weight excluding hydrogens is 278 g/mol. The summed E-state index contributed by atoms with van der Waals surface area (Å²) in [7, 11) is 1.65. The van der Waals surface area contributed by atoms with Crippen LogP contribution in [0.25, 0.3) is 0 Å². The molecule has 122 valence electrons. The summed E-state index contributed by atoms with van der Waals surface area (Å²) in [5, 5.41) is 9.74. The van der Waals surface area contributed by atoms with E-state index in [2.05, 4.69) is 0 Å². The predicted octanol–water partition coefficient (Wildman–Crippen LogP) is 2.95. The SMILES string of the molecule is CCC(O)CCN1CCCCC(c2cccc(OC)c2)C1=O. The number of rotatable bonds is 6. The van der Waals surface area contributed by atoms with Crippen molar-refractivity contribution in [2.75, 3.05) is 20.2 Å². The number of nitrogens with zero attached hydrogens (tertiary/aromatic N) is 1. The first kappa shape index (κ1) is 16.8. The number of benzene rings is 1. The fraction of sp³-hybridized carbons (Fsp3) is 0.611. The number of carbonyl (C=O) groups is 1. The van der Waals surface area contributed by atoms with Crippen LogP contribution in [0.5, 0.6) is 5.75 Å². The molecule has 1 saturated heterocycles. The Morgan fingerprint density at radius 1 is 1.41 bits per heavy atom. The van der Waals surface area contributed by atoms with Gasteiger partial charge in [0.15, 0.2) is 0 Å². The van der Waals surface area contributed by atoms with Gasteiger partial charge in [-0.25, -0.2) is 0 Å². The van der Waals surface area contributed by atoms with Gasteiger partial charge in [0.25, 0.3) is 0 Å². The molecule has 1 aromatic carbocycles. The highest BCUT2D eigenvalue weighted by atomic mass is 16.5. The molecule has 2 rings (SSSR count). The predicted molar refractivity (Wildman–Crippen MR) is 87.1 cm³/mol. The Morgan fingerprint density at radius 3 is 2.95 bits per heavy atom. The molecule has 0 saturated carbocycles. The van der Waals surface area contributed by atoms with Gasteiger partial charge in [-0.15, -0.1) is 0 Å².